The zero-order valence-corrected chi connectivity index (χ0v) is 11.6. The first kappa shape index (κ1) is 12.2. The molecule has 4 nitrogen and oxygen atoms in total. The Morgan fingerprint density at radius 3 is 2.79 bits per heavy atom. The van der Waals surface area contributed by atoms with Gasteiger partial charge in [0.15, 0.2) is 5.78 Å². The topological polar surface area (TPSA) is 48.0 Å². The molecule has 0 unspecified atom stereocenters. The first-order valence-corrected chi connectivity index (χ1v) is 6.72. The van der Waals surface area contributed by atoms with Crippen LogP contribution >= 0.6 is 0 Å². The Morgan fingerprint density at radius 2 is 2.11 bits per heavy atom. The van der Waals surface area contributed by atoms with E-state index in [1.165, 1.54) is 5.69 Å². The maximum absolute atomic E-state index is 11.9. The Labute approximate surface area is 112 Å². The molecule has 3 rings (SSSR count). The maximum Gasteiger partial charge on any atom is 0.164 e. The predicted molar refractivity (Wildman–Crippen MR) is 71.5 cm³/mol. The van der Waals surface area contributed by atoms with Crippen LogP contribution in [0.2, 0.25) is 0 Å². The molecular weight excluding hydrogens is 240 g/mol. The number of rotatable bonds is 2. The molecule has 0 bridgehead atoms. The fourth-order valence-corrected chi connectivity index (χ4v) is 2.90. The average molecular weight is 258 g/mol. The molecule has 1 aliphatic rings. The second-order valence-corrected chi connectivity index (χ2v) is 5.31. The quantitative estimate of drug-likeness (QED) is 0.832. The SMILES string of the molecule is Cc1noc(C)c1Cn1c(C)cc2c1CCCC2=O. The van der Waals surface area contributed by atoms with Crippen molar-refractivity contribution < 1.29 is 9.32 Å². The van der Waals surface area contributed by atoms with E-state index in [1.54, 1.807) is 0 Å². The second kappa shape index (κ2) is 4.37. The number of carbonyl (C=O) groups is 1. The molecule has 0 aliphatic heterocycles. The molecule has 4 heteroatoms. The average Bonchev–Trinajstić information content (AvgIpc) is 2.86. The lowest BCUT2D eigenvalue weighted by Crippen LogP contribution is -2.14. The summed E-state index contributed by atoms with van der Waals surface area (Å²) in [6.45, 7) is 6.70. The summed E-state index contributed by atoms with van der Waals surface area (Å²) >= 11 is 0. The van der Waals surface area contributed by atoms with Gasteiger partial charge in [0.05, 0.1) is 12.2 Å². The van der Waals surface area contributed by atoms with Crippen LogP contribution in [0.5, 0.6) is 0 Å². The van der Waals surface area contributed by atoms with Gasteiger partial charge in [-0.05, 0) is 39.7 Å². The minimum absolute atomic E-state index is 0.280. The number of hydrogen-bond acceptors (Lipinski definition) is 3. The van der Waals surface area contributed by atoms with Crippen LogP contribution in [-0.4, -0.2) is 15.5 Å². The molecule has 0 radical (unpaired) electrons. The summed E-state index contributed by atoms with van der Waals surface area (Å²) in [4.78, 5) is 11.9. The van der Waals surface area contributed by atoms with Gasteiger partial charge >= 0.3 is 0 Å². The zero-order valence-electron chi connectivity index (χ0n) is 11.6. The molecule has 0 N–H and O–H groups in total. The van der Waals surface area contributed by atoms with Crippen LogP contribution in [0.4, 0.5) is 0 Å². The third-order valence-corrected chi connectivity index (χ3v) is 4.03. The minimum Gasteiger partial charge on any atom is -0.361 e. The van der Waals surface area contributed by atoms with Gasteiger partial charge in [-0.1, -0.05) is 5.16 Å². The van der Waals surface area contributed by atoms with Crippen LogP contribution in [0.3, 0.4) is 0 Å². The van der Waals surface area contributed by atoms with E-state index >= 15 is 0 Å². The molecule has 0 aromatic carbocycles. The molecule has 0 saturated heterocycles. The number of hydrogen-bond donors (Lipinski definition) is 0. The predicted octanol–water partition coefficient (Wildman–Crippen LogP) is 2.97. The molecule has 19 heavy (non-hydrogen) atoms. The minimum atomic E-state index is 0.280. The molecule has 0 spiro atoms. The van der Waals surface area contributed by atoms with Gasteiger partial charge in [-0.2, -0.15) is 0 Å². The lowest BCUT2D eigenvalue weighted by atomic mass is 9.96. The fraction of sp³-hybridized carbons (Fsp3) is 0.467. The number of nitrogens with zero attached hydrogens (tertiary/aromatic N) is 2. The lowest BCUT2D eigenvalue weighted by Gasteiger charge is -2.15. The number of aryl methyl sites for hydroxylation is 3. The Balaban J connectivity index is 2.04. The van der Waals surface area contributed by atoms with Crippen LogP contribution < -0.4 is 0 Å². The molecule has 2 heterocycles. The van der Waals surface area contributed by atoms with Crippen molar-refractivity contribution in [1.82, 2.24) is 9.72 Å². The Morgan fingerprint density at radius 1 is 1.32 bits per heavy atom. The Hall–Kier alpha value is -1.84. The molecule has 2 aromatic heterocycles. The van der Waals surface area contributed by atoms with E-state index in [0.717, 1.165) is 47.7 Å². The third kappa shape index (κ3) is 1.91. The van der Waals surface area contributed by atoms with E-state index in [4.69, 9.17) is 4.52 Å². The highest BCUT2D eigenvalue weighted by Crippen LogP contribution is 2.26. The summed E-state index contributed by atoms with van der Waals surface area (Å²) in [5.41, 5.74) is 5.28. The zero-order chi connectivity index (χ0) is 13.6. The van der Waals surface area contributed by atoms with Crippen LogP contribution in [0.15, 0.2) is 10.6 Å². The molecule has 0 fully saturated rings. The van der Waals surface area contributed by atoms with Gasteiger partial charge in [-0.15, -0.1) is 0 Å². The van der Waals surface area contributed by atoms with Crippen LogP contribution in [0, 0.1) is 20.8 Å². The van der Waals surface area contributed by atoms with E-state index in [-0.39, 0.29) is 5.78 Å². The highest BCUT2D eigenvalue weighted by molar-refractivity contribution is 5.98. The molecule has 1 aliphatic carbocycles. The third-order valence-electron chi connectivity index (χ3n) is 4.03. The van der Waals surface area contributed by atoms with Gasteiger partial charge in [-0.3, -0.25) is 4.79 Å². The van der Waals surface area contributed by atoms with E-state index in [0.29, 0.717) is 6.42 Å². The van der Waals surface area contributed by atoms with Crippen molar-refractivity contribution in [3.8, 4) is 0 Å². The van der Waals surface area contributed by atoms with E-state index in [2.05, 4.69) is 16.6 Å². The van der Waals surface area contributed by atoms with Crippen molar-refractivity contribution in [3.05, 3.63) is 40.0 Å². The van der Waals surface area contributed by atoms with E-state index < -0.39 is 0 Å². The van der Waals surface area contributed by atoms with Gasteiger partial charge in [0.1, 0.15) is 5.76 Å². The normalized spacial score (nSPS) is 14.8. The molecule has 0 saturated carbocycles. The van der Waals surface area contributed by atoms with Crippen LogP contribution in [0.1, 0.15) is 51.6 Å². The van der Waals surface area contributed by atoms with Crippen molar-refractivity contribution in [2.24, 2.45) is 0 Å². The second-order valence-electron chi connectivity index (χ2n) is 5.31. The summed E-state index contributed by atoms with van der Waals surface area (Å²) in [5, 5.41) is 4.00. The van der Waals surface area contributed by atoms with Gasteiger partial charge in [0.2, 0.25) is 0 Å². The highest BCUT2D eigenvalue weighted by atomic mass is 16.5. The summed E-state index contributed by atoms with van der Waals surface area (Å²) < 4.78 is 7.45. The molecule has 0 atom stereocenters. The molecular formula is C15H18N2O2. The first-order chi connectivity index (χ1) is 9.08. The van der Waals surface area contributed by atoms with Crippen LogP contribution in [0.25, 0.3) is 0 Å². The Kier molecular flexibility index (Phi) is 2.81. The van der Waals surface area contributed by atoms with E-state index in [9.17, 15) is 4.79 Å². The van der Waals surface area contributed by atoms with Crippen molar-refractivity contribution >= 4 is 5.78 Å². The maximum atomic E-state index is 11.9. The number of ketones is 1. The largest absolute Gasteiger partial charge is 0.361 e. The van der Waals surface area contributed by atoms with Crippen molar-refractivity contribution in [3.63, 3.8) is 0 Å². The first-order valence-electron chi connectivity index (χ1n) is 6.72. The van der Waals surface area contributed by atoms with Crippen molar-refractivity contribution in [2.75, 3.05) is 0 Å². The van der Waals surface area contributed by atoms with Gasteiger partial charge in [-0.25, -0.2) is 0 Å². The number of aromatic nitrogens is 2. The molecule has 0 amide bonds. The smallest absolute Gasteiger partial charge is 0.164 e. The van der Waals surface area contributed by atoms with E-state index in [1.807, 2.05) is 19.9 Å². The number of fused-ring (bicyclic) bond motifs is 1. The summed E-state index contributed by atoms with van der Waals surface area (Å²) in [6.07, 6.45) is 2.62. The van der Waals surface area contributed by atoms with Crippen LogP contribution in [-0.2, 0) is 13.0 Å². The summed E-state index contributed by atoms with van der Waals surface area (Å²) in [6, 6.07) is 2.02. The Bertz CT molecular complexity index is 630. The number of carbonyl (C=O) groups excluding carboxylic acids is 1. The monoisotopic (exact) mass is 258 g/mol. The van der Waals surface area contributed by atoms with Gasteiger partial charge < -0.3 is 9.09 Å². The molecule has 100 valence electrons. The fourth-order valence-electron chi connectivity index (χ4n) is 2.90. The van der Waals surface area contributed by atoms with Crippen molar-refractivity contribution in [2.45, 2.75) is 46.6 Å². The standard InChI is InChI=1S/C15H18N2O2/c1-9-7-12-14(5-4-6-15(12)18)17(9)8-13-10(2)16-19-11(13)3/h7H,4-6,8H2,1-3H3. The number of Topliss-reactive ketones (excluding diaryl/α,β-unsaturated/α-hetero) is 1. The summed E-state index contributed by atoms with van der Waals surface area (Å²) in [5.74, 6) is 1.14. The highest BCUT2D eigenvalue weighted by Gasteiger charge is 2.23. The summed E-state index contributed by atoms with van der Waals surface area (Å²) in [7, 11) is 0. The van der Waals surface area contributed by atoms with Gasteiger partial charge in [0, 0.05) is 28.9 Å². The molecule has 2 aromatic rings. The lowest BCUT2D eigenvalue weighted by molar-refractivity contribution is 0.0972. The van der Waals surface area contributed by atoms with Gasteiger partial charge in [0.25, 0.3) is 0 Å². The van der Waals surface area contributed by atoms with Crippen molar-refractivity contribution in [1.29, 1.82) is 0 Å².